The topological polar surface area (TPSA) is 154 Å². The molecule has 0 saturated carbocycles. The van der Waals surface area contributed by atoms with Crippen LogP contribution in [0.25, 0.3) is 22.3 Å². The molecule has 56 heavy (non-hydrogen) atoms. The number of ether oxygens (including phenoxy) is 2. The number of benzene rings is 1. The van der Waals surface area contributed by atoms with Gasteiger partial charge in [0.15, 0.2) is 37.9 Å². The first-order valence-electron chi connectivity index (χ1n) is 18.3. The van der Waals surface area contributed by atoms with Gasteiger partial charge in [0, 0.05) is 57.9 Å². The third-order valence-corrected chi connectivity index (χ3v) is 9.12. The average Bonchev–Trinajstić information content (AvgIpc) is 3.16. The minimum absolute atomic E-state index is 0.250. The van der Waals surface area contributed by atoms with Gasteiger partial charge in [-0.3, -0.25) is 9.97 Å². The van der Waals surface area contributed by atoms with Crippen molar-refractivity contribution in [2.45, 2.75) is 81.3 Å². The van der Waals surface area contributed by atoms with E-state index in [4.69, 9.17) is 28.7 Å². The molecule has 12 nitrogen and oxygen atoms in total. The second-order valence-electron chi connectivity index (χ2n) is 12.7. The number of nitrogens with zero attached hydrogens (tertiary/aromatic N) is 4. The monoisotopic (exact) mass is 760 g/mol. The molecule has 0 bridgehead atoms. The second-order valence-corrected chi connectivity index (χ2v) is 12.7. The van der Waals surface area contributed by atoms with E-state index >= 15 is 0 Å². The molecule has 0 spiro atoms. The molecule has 0 aliphatic heterocycles. The Morgan fingerprint density at radius 2 is 0.911 bits per heavy atom. The van der Waals surface area contributed by atoms with Gasteiger partial charge in [0.25, 0.3) is 0 Å². The summed E-state index contributed by atoms with van der Waals surface area (Å²) in [4.78, 5) is 67.9. The van der Waals surface area contributed by atoms with Gasteiger partial charge in [0.2, 0.25) is 0 Å². The number of carbonyl (C=O) groups is 2. The third-order valence-electron chi connectivity index (χ3n) is 9.12. The molecule has 0 unspecified atom stereocenters. The molecule has 0 fully saturated rings. The summed E-state index contributed by atoms with van der Waals surface area (Å²) >= 11 is 0. The van der Waals surface area contributed by atoms with Crippen LogP contribution in [0.2, 0.25) is 0 Å². The molecule has 0 saturated heterocycles. The largest absolute Gasteiger partial charge is 0.462 e. The van der Waals surface area contributed by atoms with Crippen molar-refractivity contribution in [2.75, 3.05) is 13.2 Å². The van der Waals surface area contributed by atoms with Crippen molar-refractivity contribution in [3.63, 3.8) is 0 Å². The Kier molecular flexibility index (Phi) is 16.8. The summed E-state index contributed by atoms with van der Waals surface area (Å²) < 4.78 is 15.1. The molecule has 0 N–H and O–H groups in total. The van der Waals surface area contributed by atoms with E-state index in [0.717, 1.165) is 57.6 Å². The van der Waals surface area contributed by atoms with Crippen LogP contribution in [-0.4, -0.2) is 47.4 Å². The van der Waals surface area contributed by atoms with E-state index in [9.17, 15) is 9.59 Å². The van der Waals surface area contributed by atoms with Crippen molar-refractivity contribution in [1.29, 1.82) is 0 Å². The lowest BCUT2D eigenvalue weighted by molar-refractivity contribution is -0.689. The first kappa shape index (κ1) is 43.9. The zero-order valence-corrected chi connectivity index (χ0v) is 33.2. The van der Waals surface area contributed by atoms with E-state index < -0.39 is 0 Å². The highest BCUT2D eigenvalue weighted by Crippen LogP contribution is 2.33. The van der Waals surface area contributed by atoms with Crippen LogP contribution in [0.3, 0.4) is 0 Å². The summed E-state index contributed by atoms with van der Waals surface area (Å²) in [6, 6.07) is 16.9. The molecule has 0 radical (unpaired) electrons. The fourth-order valence-corrected chi connectivity index (χ4v) is 6.89. The quantitative estimate of drug-likeness (QED) is 0.109. The Labute approximate surface area is 327 Å². The maximum atomic E-state index is 13.0. The predicted molar refractivity (Wildman–Crippen MR) is 204 cm³/mol. The lowest BCUT2D eigenvalue weighted by Gasteiger charge is -2.17. The van der Waals surface area contributed by atoms with Crippen LogP contribution in [0.4, 0.5) is 0 Å². The van der Waals surface area contributed by atoms with Crippen LogP contribution in [0, 0.1) is 27.7 Å². The lowest BCUT2D eigenvalue weighted by Crippen LogP contribution is -2.34. The van der Waals surface area contributed by atoms with Crippen molar-refractivity contribution in [3.05, 3.63) is 129 Å². The number of hydrogen-bond acceptors (Lipinski definition) is 10. The fraction of sp³-hybridized carbons (Fsp3) is 0.318. The van der Waals surface area contributed by atoms with E-state index in [1.54, 1.807) is 0 Å². The van der Waals surface area contributed by atoms with Crippen molar-refractivity contribution < 1.29 is 47.4 Å². The minimum Gasteiger partial charge on any atom is -0.462 e. The molecule has 4 aromatic heterocycles. The van der Waals surface area contributed by atoms with Gasteiger partial charge in [-0.25, -0.2) is 18.7 Å². The van der Waals surface area contributed by atoms with Gasteiger partial charge in [0.05, 0.1) is 35.7 Å². The molecule has 0 amide bonds. The zero-order chi connectivity index (χ0) is 41.4. The van der Waals surface area contributed by atoms with Crippen LogP contribution in [0.1, 0.15) is 93.4 Å². The first-order valence-corrected chi connectivity index (χ1v) is 18.3. The zero-order valence-electron chi connectivity index (χ0n) is 33.2. The van der Waals surface area contributed by atoms with Crippen LogP contribution >= 0.6 is 0 Å². The summed E-state index contributed by atoms with van der Waals surface area (Å²) in [5.41, 5.74) is 12.6. The van der Waals surface area contributed by atoms with Gasteiger partial charge < -0.3 is 9.47 Å². The lowest BCUT2D eigenvalue weighted by atomic mass is 9.92. The number of aryl methyl sites for hydroxylation is 4. The molecule has 5 aromatic rings. The molecule has 1 aromatic carbocycles. The number of esters is 2. The summed E-state index contributed by atoms with van der Waals surface area (Å²) in [7, 11) is 0. The molecule has 5 rings (SSSR count). The number of aromatic nitrogens is 4. The summed E-state index contributed by atoms with van der Waals surface area (Å²) in [6.07, 6.45) is 10.3. The van der Waals surface area contributed by atoms with Crippen LogP contribution in [-0.2, 0) is 54.6 Å². The Hall–Kier alpha value is -6.48. The third kappa shape index (κ3) is 10.8. The summed E-state index contributed by atoms with van der Waals surface area (Å²) in [5.74, 6) is -0.670. The SMILES string of the molecule is CCOC(=O)c1c(C)nc(C)c(CC)c1-c1cc[n+](Cc2cccc(C[n+]3ccc(-c4c(CC)c(C)nc(C)c4C(=O)OCC)cc3)c2)cc1.O=C=O.O=C=O. The maximum Gasteiger partial charge on any atom is 0.373 e. The predicted octanol–water partition coefficient (Wildman–Crippen LogP) is 6.03. The van der Waals surface area contributed by atoms with Gasteiger partial charge in [-0.2, -0.15) is 19.2 Å². The molecule has 12 heteroatoms. The smallest absolute Gasteiger partial charge is 0.373 e. The standard InChI is InChI=1S/C42H48N4O4.2CO2/c1-9-35-27(5)43-29(7)37(41(47)49-11-3)39(35)33-16-20-45(21-17-33)25-31-14-13-15-32(24-31)26-46-22-18-34(19-23-46)40-36(10-2)28(6)44-30(8)38(40)42(48)50-12-4;2*2-1-3/h13-24H,9-12,25-26H2,1-8H3;;/q+2;;. The second kappa shape index (κ2) is 21.4. The Morgan fingerprint density at radius 3 is 1.21 bits per heavy atom. The number of hydrogen-bond donors (Lipinski definition) is 0. The van der Waals surface area contributed by atoms with Gasteiger partial charge in [0.1, 0.15) is 0 Å². The highest BCUT2D eigenvalue weighted by Gasteiger charge is 2.25. The molecular formula is C44H48N4O8+2. The number of pyridine rings is 4. The molecule has 0 aliphatic rings. The van der Waals surface area contributed by atoms with E-state index in [-0.39, 0.29) is 24.2 Å². The molecule has 4 heterocycles. The molecule has 0 atom stereocenters. The number of rotatable bonds is 12. The van der Waals surface area contributed by atoms with Crippen molar-refractivity contribution in [3.8, 4) is 22.3 Å². The van der Waals surface area contributed by atoms with Crippen molar-refractivity contribution in [2.24, 2.45) is 0 Å². The maximum absolute atomic E-state index is 13.0. The fourth-order valence-electron chi connectivity index (χ4n) is 6.89. The van der Waals surface area contributed by atoms with Crippen LogP contribution < -0.4 is 9.13 Å². The van der Waals surface area contributed by atoms with Gasteiger partial charge >= 0.3 is 24.2 Å². The van der Waals surface area contributed by atoms with E-state index in [1.165, 1.54) is 11.1 Å². The highest BCUT2D eigenvalue weighted by atomic mass is 16.5. The summed E-state index contributed by atoms with van der Waals surface area (Å²) in [5, 5.41) is 0. The Bertz CT molecular complexity index is 2070. The van der Waals surface area contributed by atoms with Crippen LogP contribution in [0.5, 0.6) is 0 Å². The normalized spacial score (nSPS) is 10.1. The molecule has 290 valence electrons. The van der Waals surface area contributed by atoms with Crippen molar-refractivity contribution >= 4 is 24.2 Å². The molecule has 0 aliphatic carbocycles. The minimum atomic E-state index is -0.335. The van der Waals surface area contributed by atoms with Gasteiger partial charge in [-0.05, 0) is 82.7 Å². The van der Waals surface area contributed by atoms with E-state index in [1.807, 2.05) is 41.5 Å². The molecular weight excluding hydrogens is 713 g/mol. The van der Waals surface area contributed by atoms with Crippen LogP contribution in [0.15, 0.2) is 73.3 Å². The van der Waals surface area contributed by atoms with E-state index in [2.05, 4.69) is 106 Å². The van der Waals surface area contributed by atoms with Crippen molar-refractivity contribution in [1.82, 2.24) is 9.97 Å². The summed E-state index contributed by atoms with van der Waals surface area (Å²) in [6.45, 7) is 17.6. The number of carbonyl (C=O) groups excluding carboxylic acids is 6. The Morgan fingerprint density at radius 1 is 0.571 bits per heavy atom. The van der Waals surface area contributed by atoms with Gasteiger partial charge in [-0.15, -0.1) is 0 Å². The van der Waals surface area contributed by atoms with Gasteiger partial charge in [-0.1, -0.05) is 32.0 Å². The Balaban J connectivity index is 0.00000132. The first-order chi connectivity index (χ1) is 26.9. The average molecular weight is 761 g/mol. The van der Waals surface area contributed by atoms with E-state index in [0.29, 0.717) is 48.8 Å². The highest BCUT2D eigenvalue weighted by molar-refractivity contribution is 6.00.